The molecule has 1 spiro atoms. The Morgan fingerprint density at radius 2 is 1.89 bits per heavy atom. The van der Waals surface area contributed by atoms with E-state index >= 15 is 0 Å². The van der Waals surface area contributed by atoms with Crippen molar-refractivity contribution in [2.75, 3.05) is 13.1 Å². The first-order chi connectivity index (χ1) is 13.5. The molecule has 0 aliphatic carbocycles. The summed E-state index contributed by atoms with van der Waals surface area (Å²) >= 11 is 0. The molecular formula is C21H18N2O5. The summed E-state index contributed by atoms with van der Waals surface area (Å²) < 4.78 is 6.09. The van der Waals surface area contributed by atoms with E-state index in [1.54, 1.807) is 35.2 Å². The summed E-state index contributed by atoms with van der Waals surface area (Å²) in [5.41, 5.74) is 2.54. The van der Waals surface area contributed by atoms with E-state index in [0.29, 0.717) is 35.5 Å². The van der Waals surface area contributed by atoms with Gasteiger partial charge in [-0.05, 0) is 35.9 Å². The van der Waals surface area contributed by atoms with Gasteiger partial charge in [0.2, 0.25) is 0 Å². The van der Waals surface area contributed by atoms with Crippen molar-refractivity contribution in [1.29, 1.82) is 0 Å². The maximum Gasteiger partial charge on any atom is 0.267 e. The number of carbonyl (C=O) groups excluding carboxylic acids is 3. The van der Waals surface area contributed by atoms with Gasteiger partial charge < -0.3 is 9.64 Å². The van der Waals surface area contributed by atoms with E-state index < -0.39 is 11.5 Å². The van der Waals surface area contributed by atoms with E-state index in [4.69, 9.17) is 9.94 Å². The van der Waals surface area contributed by atoms with Crippen LogP contribution in [0.4, 0.5) is 0 Å². The number of fused-ring (bicyclic) bond motifs is 1. The number of carbonyl (C=O) groups is 3. The molecule has 1 saturated heterocycles. The first-order valence-electron chi connectivity index (χ1n) is 8.82. The van der Waals surface area contributed by atoms with E-state index in [0.717, 1.165) is 6.08 Å². The van der Waals surface area contributed by atoms with Gasteiger partial charge in [-0.25, -0.2) is 5.48 Å². The molecule has 142 valence electrons. The highest BCUT2D eigenvalue weighted by Gasteiger charge is 2.51. The van der Waals surface area contributed by atoms with Crippen LogP contribution in [0.5, 0.6) is 5.75 Å². The van der Waals surface area contributed by atoms with Gasteiger partial charge in [0, 0.05) is 11.6 Å². The molecule has 0 atom stereocenters. The molecule has 4 rings (SSSR count). The molecule has 0 saturated carbocycles. The highest BCUT2D eigenvalue weighted by molar-refractivity contribution is 6.02. The molecular weight excluding hydrogens is 360 g/mol. The highest BCUT2D eigenvalue weighted by atomic mass is 16.5. The zero-order chi connectivity index (χ0) is 19.7. The molecule has 28 heavy (non-hydrogen) atoms. The second kappa shape index (κ2) is 6.94. The van der Waals surface area contributed by atoms with Crippen molar-refractivity contribution in [2.24, 2.45) is 0 Å². The molecule has 2 N–H and O–H groups in total. The lowest BCUT2D eigenvalue weighted by Gasteiger charge is -2.51. The van der Waals surface area contributed by atoms with Gasteiger partial charge in [0.1, 0.15) is 5.75 Å². The van der Waals surface area contributed by atoms with Crippen molar-refractivity contribution in [2.45, 2.75) is 12.0 Å². The third kappa shape index (κ3) is 3.27. The number of Topliss-reactive ketones (excluding diaryl/α,β-unsaturated/α-hetero) is 1. The molecule has 2 aliphatic rings. The summed E-state index contributed by atoms with van der Waals surface area (Å²) in [5, 5.41) is 8.52. The minimum absolute atomic E-state index is 0.0603. The number of benzene rings is 2. The average Bonchev–Trinajstić information content (AvgIpc) is 2.70. The molecule has 2 aliphatic heterocycles. The fraction of sp³-hybridized carbons (Fsp3) is 0.190. The minimum atomic E-state index is -0.678. The summed E-state index contributed by atoms with van der Waals surface area (Å²) in [5.74, 6) is -0.311. The van der Waals surface area contributed by atoms with Gasteiger partial charge in [0.25, 0.3) is 11.8 Å². The van der Waals surface area contributed by atoms with E-state index in [2.05, 4.69) is 0 Å². The van der Waals surface area contributed by atoms with Crippen molar-refractivity contribution in [3.63, 3.8) is 0 Å². The second-order valence-electron chi connectivity index (χ2n) is 6.98. The van der Waals surface area contributed by atoms with Crippen LogP contribution in [-0.4, -0.2) is 46.4 Å². The monoisotopic (exact) mass is 378 g/mol. The summed E-state index contributed by atoms with van der Waals surface area (Å²) in [6.07, 6.45) is 2.85. The summed E-state index contributed by atoms with van der Waals surface area (Å²) in [7, 11) is 0. The van der Waals surface area contributed by atoms with E-state index in [-0.39, 0.29) is 18.1 Å². The normalized spacial score (nSPS) is 17.0. The Hall–Kier alpha value is -3.45. The second-order valence-corrected chi connectivity index (χ2v) is 6.98. The summed E-state index contributed by atoms with van der Waals surface area (Å²) in [4.78, 5) is 37.9. The molecule has 1 fully saturated rings. The zero-order valence-electron chi connectivity index (χ0n) is 14.9. The standard InChI is InChI=1S/C21H18N2O5/c24-17-11-21(12-23(13-21)20(26)15-4-2-1-3-5-15)28-18-8-6-14(10-16(17)18)7-9-19(25)22-27/h1-10,27H,11-13H2,(H,22,25). The molecule has 7 heteroatoms. The van der Waals surface area contributed by atoms with Crippen LogP contribution in [0.25, 0.3) is 6.08 Å². The van der Waals surface area contributed by atoms with Crippen molar-refractivity contribution in [3.05, 3.63) is 71.3 Å². The molecule has 2 aromatic carbocycles. The van der Waals surface area contributed by atoms with E-state index in [1.165, 1.54) is 11.6 Å². The lowest BCUT2D eigenvalue weighted by Crippen LogP contribution is -2.68. The fourth-order valence-corrected chi connectivity index (χ4v) is 3.56. The molecule has 0 radical (unpaired) electrons. The number of likely N-dealkylation sites (tertiary alicyclic amines) is 1. The zero-order valence-corrected chi connectivity index (χ0v) is 14.9. The number of hydrogen-bond acceptors (Lipinski definition) is 5. The van der Waals surface area contributed by atoms with Gasteiger partial charge >= 0.3 is 0 Å². The van der Waals surface area contributed by atoms with Crippen LogP contribution < -0.4 is 10.2 Å². The number of ether oxygens (including phenoxy) is 1. The van der Waals surface area contributed by atoms with Crippen LogP contribution >= 0.6 is 0 Å². The van der Waals surface area contributed by atoms with Crippen molar-refractivity contribution >= 4 is 23.7 Å². The first-order valence-corrected chi connectivity index (χ1v) is 8.82. The predicted molar refractivity (Wildman–Crippen MR) is 100 cm³/mol. The van der Waals surface area contributed by atoms with Crippen molar-refractivity contribution in [3.8, 4) is 5.75 Å². The van der Waals surface area contributed by atoms with E-state index in [9.17, 15) is 14.4 Å². The van der Waals surface area contributed by atoms with Gasteiger partial charge in [0.15, 0.2) is 11.4 Å². The maximum atomic E-state index is 12.7. The molecule has 0 unspecified atom stereocenters. The number of nitrogens with zero attached hydrogens (tertiary/aromatic N) is 1. The lowest BCUT2D eigenvalue weighted by atomic mass is 9.83. The van der Waals surface area contributed by atoms with Crippen molar-refractivity contribution in [1.82, 2.24) is 10.4 Å². The average molecular weight is 378 g/mol. The van der Waals surface area contributed by atoms with E-state index in [1.807, 2.05) is 18.2 Å². The van der Waals surface area contributed by atoms with Gasteiger partial charge in [-0.15, -0.1) is 0 Å². The number of rotatable bonds is 3. The Labute approximate surface area is 161 Å². The third-order valence-electron chi connectivity index (χ3n) is 4.92. The number of nitrogens with one attached hydrogen (secondary N) is 1. The fourth-order valence-electron chi connectivity index (χ4n) is 3.56. The molecule has 7 nitrogen and oxygen atoms in total. The summed E-state index contributed by atoms with van der Waals surface area (Å²) in [6, 6.07) is 14.1. The topological polar surface area (TPSA) is 95.9 Å². The third-order valence-corrected chi connectivity index (χ3v) is 4.92. The SMILES string of the molecule is O=C(C=Cc1ccc2c(c1)C(=O)CC1(CN(C(=O)c3ccccc3)C1)O2)NO. The highest BCUT2D eigenvalue weighted by Crippen LogP contribution is 2.39. The molecule has 0 aromatic heterocycles. The van der Waals surface area contributed by atoms with Crippen LogP contribution in [0, 0.1) is 0 Å². The molecule has 2 heterocycles. The van der Waals surface area contributed by atoms with Crippen LogP contribution in [0.15, 0.2) is 54.6 Å². The largest absolute Gasteiger partial charge is 0.482 e. The quantitative estimate of drug-likeness (QED) is 0.484. The lowest BCUT2D eigenvalue weighted by molar-refractivity contribution is -0.124. The van der Waals surface area contributed by atoms with Crippen molar-refractivity contribution < 1.29 is 24.3 Å². The van der Waals surface area contributed by atoms with Gasteiger partial charge in [-0.1, -0.05) is 24.3 Å². The van der Waals surface area contributed by atoms with Gasteiger partial charge in [-0.3, -0.25) is 19.6 Å². The van der Waals surface area contributed by atoms with Crippen LogP contribution in [0.2, 0.25) is 0 Å². The number of amides is 2. The predicted octanol–water partition coefficient (Wildman–Crippen LogP) is 2.07. The number of hydrogen-bond donors (Lipinski definition) is 2. The molecule has 2 aromatic rings. The van der Waals surface area contributed by atoms with Gasteiger partial charge in [-0.2, -0.15) is 0 Å². The van der Waals surface area contributed by atoms with Crippen LogP contribution in [0.3, 0.4) is 0 Å². The Bertz CT molecular complexity index is 978. The maximum absolute atomic E-state index is 12.7. The smallest absolute Gasteiger partial charge is 0.267 e. The number of ketones is 1. The summed E-state index contributed by atoms with van der Waals surface area (Å²) in [6.45, 7) is 0.731. The Kier molecular flexibility index (Phi) is 4.44. The molecule has 0 bridgehead atoms. The first kappa shape index (κ1) is 17.9. The van der Waals surface area contributed by atoms with Gasteiger partial charge in [0.05, 0.1) is 25.1 Å². The number of hydroxylamine groups is 1. The van der Waals surface area contributed by atoms with Crippen LogP contribution in [-0.2, 0) is 4.79 Å². The minimum Gasteiger partial charge on any atom is -0.482 e. The Balaban J connectivity index is 1.47. The molecule has 2 amide bonds. The van der Waals surface area contributed by atoms with Crippen LogP contribution in [0.1, 0.15) is 32.7 Å². The Morgan fingerprint density at radius 1 is 1.14 bits per heavy atom. The Morgan fingerprint density at radius 3 is 2.61 bits per heavy atom.